The van der Waals surface area contributed by atoms with Crippen LogP contribution in [0.15, 0.2) is 153 Å². The lowest BCUT2D eigenvalue weighted by Crippen LogP contribution is -2.59. The number of fused-ring (bicyclic) bond motifs is 6. The Kier molecular flexibility index (Phi) is 36.4. The molecular weight excluding hydrogens is 1850 g/mol. The number of hydrogen-bond donors (Lipinski definition) is 0. The third-order valence-corrected chi connectivity index (χ3v) is 29.5. The van der Waals surface area contributed by atoms with E-state index >= 15 is 0 Å². The number of benzene rings is 6. The van der Waals surface area contributed by atoms with Crippen molar-refractivity contribution in [1.82, 2.24) is 64.2 Å². The lowest BCUT2D eigenvalue weighted by atomic mass is 9.99. The highest BCUT2D eigenvalue weighted by molar-refractivity contribution is 7.59. The van der Waals surface area contributed by atoms with Crippen molar-refractivity contribution in [2.45, 2.75) is 172 Å². The molecule has 10 aliphatic heterocycles. The first-order valence-electron chi connectivity index (χ1n) is 48.0. The van der Waals surface area contributed by atoms with Crippen LogP contribution in [0.4, 0.5) is 38.9 Å². The second-order valence-electron chi connectivity index (χ2n) is 37.8. The summed E-state index contributed by atoms with van der Waals surface area (Å²) < 4.78 is 33.6. The van der Waals surface area contributed by atoms with Gasteiger partial charge in [-0.05, 0) is 178 Å². The smallest absolute Gasteiger partial charge is 0.318 e. The van der Waals surface area contributed by atoms with E-state index in [0.29, 0.717) is 134 Å². The zero-order chi connectivity index (χ0) is 94.0. The standard InChI is InChI=1S/C38H47ClN8O2.C33H37ClFN7O2.C33H39N7O2.CH4.3H2S/c1-43-18-7-11-30(43)27-49-38-41-33-26-45(34-13-6-10-28-9-5-12-32(39)36(28)34)22-16-31(33)37(42-38)46-23-24-47(29(25-46)15-17-40)35(48)14-8-21-44-19-3-2-4-20-44;1-5-29(43)42-15-14-41(18-24(42)17-36-3)31-25-12-13-40(28-11-7-9-22-8-6-10-26(34)30(22)28)19-27(25)37-32(38-31)44-20-23-16-33(2,35)21-39(23)4;1-4-31(41)40-19-23(2)39(20-25(40)14-16-34)32-28-15-18-38(30-13-7-10-24-9-5-6-12-27(24)30)21-29(28)35-33(36-32)42-22-26-11-8-17-37(26)3;;;;/h5-6,8-10,12-14,29-30H,2-4,7,11,15-16,18-27H2,1H3;5-11,23-24H,1,12-21H2,2,4H3;4-7,9-10,12-13,23,25-26H,1,8,11,14-15,17-22H2,2-3H3;1H4;3*1H2/b14-8+;;;;;;/t29-,30-;23-,24-,33?;23-,25-,26-;;;;/m000..../s1. The number of amides is 3. The summed E-state index contributed by atoms with van der Waals surface area (Å²) in [6, 6.07) is 45.0. The molecule has 19 rings (SSSR count). The molecule has 9 aromatic rings. The molecule has 0 N–H and O–H groups in total. The highest BCUT2D eigenvalue weighted by atomic mass is 35.5. The molecule has 10 aliphatic rings. The molecule has 7 fully saturated rings. The van der Waals surface area contributed by atoms with E-state index in [-0.39, 0.29) is 128 Å². The number of nitrogens with zero attached hydrogens (tertiary/aromatic N) is 22. The maximum atomic E-state index is 14.7. The fraction of sp³-hybridized carbons (Fsp3) is 0.486. The minimum Gasteiger partial charge on any atom is -0.462 e. The van der Waals surface area contributed by atoms with Crippen LogP contribution in [0.5, 0.6) is 18.0 Å². The van der Waals surface area contributed by atoms with Gasteiger partial charge in [0.05, 0.1) is 83.8 Å². The van der Waals surface area contributed by atoms with Crippen molar-refractivity contribution in [3.8, 4) is 30.2 Å². The number of carbonyl (C=O) groups excluding carboxylic acids is 3. The summed E-state index contributed by atoms with van der Waals surface area (Å²) in [7, 11) is 6.20. The van der Waals surface area contributed by atoms with Gasteiger partial charge in [-0.15, -0.1) is 0 Å². The van der Waals surface area contributed by atoms with Crippen molar-refractivity contribution in [2.24, 2.45) is 0 Å². The number of likely N-dealkylation sites (N-methyl/N-ethyl adjacent to an activating group) is 3. The van der Waals surface area contributed by atoms with Gasteiger partial charge >= 0.3 is 18.0 Å². The molecule has 34 heteroatoms. The van der Waals surface area contributed by atoms with Crippen LogP contribution >= 0.6 is 63.7 Å². The average molecular weight is 1990 g/mol. The molecule has 3 aromatic heterocycles. The molecule has 3 amide bonds. The maximum Gasteiger partial charge on any atom is 0.318 e. The van der Waals surface area contributed by atoms with Crippen LogP contribution in [0.2, 0.25) is 10.0 Å². The van der Waals surface area contributed by atoms with E-state index in [2.05, 4.69) is 180 Å². The van der Waals surface area contributed by atoms with Crippen LogP contribution in [0.25, 0.3) is 37.2 Å². The zero-order valence-electron chi connectivity index (χ0n) is 79.8. The van der Waals surface area contributed by atoms with E-state index in [1.165, 1.54) is 60.7 Å². The van der Waals surface area contributed by atoms with E-state index in [1.54, 1.807) is 22.8 Å². The van der Waals surface area contributed by atoms with Crippen molar-refractivity contribution >= 4 is 148 Å². The second kappa shape index (κ2) is 48.0. The number of rotatable bonds is 23. The summed E-state index contributed by atoms with van der Waals surface area (Å²) in [5.41, 5.74) is 8.16. The lowest BCUT2D eigenvalue weighted by molar-refractivity contribution is -0.129. The van der Waals surface area contributed by atoms with Crippen LogP contribution < -0.4 is 43.6 Å². The minimum atomic E-state index is -1.26. The number of halogens is 3. The summed E-state index contributed by atoms with van der Waals surface area (Å²) in [5.74, 6) is 2.19. The maximum absolute atomic E-state index is 14.7. The molecule has 8 atom stereocenters. The molecule has 13 heterocycles. The number of piperidine rings is 1. The topological polar surface area (TPSA) is 250 Å². The molecule has 0 aliphatic carbocycles. The molecule has 7 saturated heterocycles. The van der Waals surface area contributed by atoms with E-state index in [9.17, 15) is 29.3 Å². The first-order valence-corrected chi connectivity index (χ1v) is 48.7. The number of carbonyl (C=O) groups is 3. The third-order valence-electron chi connectivity index (χ3n) is 28.8. The number of piperazine rings is 3. The Labute approximate surface area is 848 Å². The predicted octanol–water partition coefficient (Wildman–Crippen LogP) is 15.2. The molecule has 738 valence electrons. The van der Waals surface area contributed by atoms with Gasteiger partial charge in [-0.1, -0.05) is 141 Å². The summed E-state index contributed by atoms with van der Waals surface area (Å²) in [6.07, 6.45) is 17.8. The Morgan fingerprint density at radius 3 is 1.44 bits per heavy atom. The first kappa shape index (κ1) is 105. The molecule has 0 spiro atoms. The normalized spacial score (nSPS) is 22.2. The van der Waals surface area contributed by atoms with Crippen molar-refractivity contribution in [3.05, 3.63) is 208 Å². The average Bonchev–Trinajstić information content (AvgIpc) is 1.70. The van der Waals surface area contributed by atoms with Crippen LogP contribution in [-0.2, 0) is 53.3 Å². The quantitative estimate of drug-likeness (QED) is 0.0426. The third kappa shape index (κ3) is 24.1. The predicted molar refractivity (Wildman–Crippen MR) is 568 cm³/mol. The second-order valence-corrected chi connectivity index (χ2v) is 38.6. The number of ether oxygens (including phenoxy) is 3. The lowest BCUT2D eigenvalue weighted by Gasteiger charge is -2.46. The number of likely N-dealkylation sites (tertiary alicyclic amines) is 4. The van der Waals surface area contributed by atoms with Gasteiger partial charge in [0.1, 0.15) is 49.0 Å². The summed E-state index contributed by atoms with van der Waals surface area (Å²) >= 11 is 13.4. The van der Waals surface area contributed by atoms with E-state index in [4.69, 9.17) is 73.9 Å². The number of nitriles is 2. The Hall–Kier alpha value is -11.0. The monoisotopic (exact) mass is 1980 g/mol. The highest BCUT2D eigenvalue weighted by Gasteiger charge is 2.43. The van der Waals surface area contributed by atoms with Crippen LogP contribution in [-0.4, -0.2) is 289 Å². The van der Waals surface area contributed by atoms with Gasteiger partial charge in [-0.25, -0.2) is 11.0 Å². The largest absolute Gasteiger partial charge is 0.462 e. The molecule has 28 nitrogen and oxygen atoms in total. The van der Waals surface area contributed by atoms with Crippen molar-refractivity contribution < 1.29 is 33.0 Å². The van der Waals surface area contributed by atoms with Gasteiger partial charge in [-0.2, -0.15) is 80.9 Å². The van der Waals surface area contributed by atoms with E-state index < -0.39 is 5.67 Å². The number of anilines is 6. The van der Waals surface area contributed by atoms with Gasteiger partial charge in [0.2, 0.25) is 24.3 Å². The van der Waals surface area contributed by atoms with Crippen molar-refractivity contribution in [2.75, 3.05) is 188 Å². The molecule has 1 unspecified atom stereocenters. The van der Waals surface area contributed by atoms with Gasteiger partial charge in [0, 0.05) is 172 Å². The molecule has 0 bridgehead atoms. The number of aromatic nitrogens is 6. The zero-order valence-corrected chi connectivity index (χ0v) is 84.3. The van der Waals surface area contributed by atoms with Gasteiger partial charge < -0.3 is 73.0 Å². The fourth-order valence-corrected chi connectivity index (χ4v) is 22.2. The van der Waals surface area contributed by atoms with E-state index in [0.717, 1.165) is 167 Å². The summed E-state index contributed by atoms with van der Waals surface area (Å²) in [4.78, 5) is 100. The molecule has 0 radical (unpaired) electrons. The number of hydrogen-bond acceptors (Lipinski definition) is 24. The summed E-state index contributed by atoms with van der Waals surface area (Å²) in [5, 5.41) is 27.5. The Balaban J connectivity index is 0.000000174. The van der Waals surface area contributed by atoms with Crippen LogP contribution in [0.1, 0.15) is 119 Å². The van der Waals surface area contributed by atoms with Gasteiger partial charge in [0.25, 0.3) is 0 Å². The van der Waals surface area contributed by atoms with Crippen LogP contribution in [0, 0.1) is 29.2 Å². The SMILES string of the molecule is C.C=CC(=O)N1C[C@H](C)N(c2nc(OC[C@@H]3CCCN3C)nc3c2CCN(c2cccc4ccccc24)C3)C[C@@H]1CC#N.CN1CCC[C@H]1COc1nc2c(c(N3CCN(C(=O)/C=C/CN4CCCCC4)[C@@H](CC#N)C3)n1)CCN(c1cccc3cccc(Cl)c13)C2.S.S.S.[C-]#[N+]C[C@H]1CN(c2nc(OC[C@@H]3CC(C)(F)CN3C)nc3c2CCN(c2cccc4cccc(Cl)c24)C3)CCN1C(=O)C=C. The Morgan fingerprint density at radius 2 is 0.950 bits per heavy atom. The number of alkyl halides is 1. The fourth-order valence-electron chi connectivity index (χ4n) is 21.6. The molecular formula is C105H133Cl2FN22O6S3. The van der Waals surface area contributed by atoms with Gasteiger partial charge in [0.15, 0.2) is 0 Å². The molecule has 139 heavy (non-hydrogen) atoms. The highest BCUT2D eigenvalue weighted by Crippen LogP contribution is 2.43. The van der Waals surface area contributed by atoms with Crippen LogP contribution in [0.3, 0.4) is 0 Å². The molecule has 0 saturated carbocycles. The Bertz CT molecular complexity index is 6010. The van der Waals surface area contributed by atoms with Gasteiger partial charge in [-0.3, -0.25) is 24.2 Å². The molecule has 6 aromatic carbocycles. The minimum absolute atomic E-state index is 0. The van der Waals surface area contributed by atoms with Crippen molar-refractivity contribution in [3.63, 3.8) is 0 Å². The van der Waals surface area contributed by atoms with Crippen molar-refractivity contribution in [1.29, 1.82) is 10.5 Å². The Morgan fingerprint density at radius 1 is 0.504 bits per heavy atom. The van der Waals surface area contributed by atoms with E-state index in [1.807, 2.05) is 53.3 Å². The summed E-state index contributed by atoms with van der Waals surface area (Å²) in [6.45, 7) is 34.0. The first-order chi connectivity index (χ1) is 65.6.